The van der Waals surface area contributed by atoms with Crippen LogP contribution in [-0.2, 0) is 4.79 Å². The van der Waals surface area contributed by atoms with Crippen molar-refractivity contribution in [3.63, 3.8) is 0 Å². The summed E-state index contributed by atoms with van der Waals surface area (Å²) in [5, 5.41) is 13.1. The highest BCUT2D eigenvalue weighted by Crippen LogP contribution is 2.41. The van der Waals surface area contributed by atoms with Gasteiger partial charge in [-0.1, -0.05) is 6.92 Å². The lowest BCUT2D eigenvalue weighted by atomic mass is 9.75. The standard InChI is InChI=1S/C16H31N3O2/c1-5-17-16(14(20)21,13-7-8-13)12-19(4)11-15(18(2)3)9-6-10-15/h13,17H,5-12H2,1-4H3,(H,20,21). The highest BCUT2D eigenvalue weighted by atomic mass is 16.4. The third kappa shape index (κ3) is 3.25. The van der Waals surface area contributed by atoms with Gasteiger partial charge in [0.05, 0.1) is 0 Å². The van der Waals surface area contributed by atoms with Crippen molar-refractivity contribution in [1.82, 2.24) is 15.1 Å². The maximum Gasteiger partial charge on any atom is 0.325 e. The summed E-state index contributed by atoms with van der Waals surface area (Å²) < 4.78 is 0. The predicted octanol–water partition coefficient (Wildman–Crippen LogP) is 1.25. The van der Waals surface area contributed by atoms with Crippen molar-refractivity contribution in [2.75, 3.05) is 40.8 Å². The van der Waals surface area contributed by atoms with E-state index >= 15 is 0 Å². The van der Waals surface area contributed by atoms with E-state index in [0.717, 1.165) is 19.4 Å². The Balaban J connectivity index is 2.04. The lowest BCUT2D eigenvalue weighted by molar-refractivity contribution is -0.147. The third-order valence-electron chi connectivity index (χ3n) is 5.46. The van der Waals surface area contributed by atoms with Gasteiger partial charge in [-0.2, -0.15) is 0 Å². The topological polar surface area (TPSA) is 55.8 Å². The number of carboxylic acids is 1. The van der Waals surface area contributed by atoms with Crippen LogP contribution >= 0.6 is 0 Å². The molecule has 21 heavy (non-hydrogen) atoms. The van der Waals surface area contributed by atoms with Gasteiger partial charge in [-0.15, -0.1) is 0 Å². The molecule has 2 aliphatic carbocycles. The molecule has 2 rings (SSSR count). The largest absolute Gasteiger partial charge is 0.480 e. The molecule has 1 atom stereocenters. The zero-order valence-corrected chi connectivity index (χ0v) is 14.0. The Morgan fingerprint density at radius 3 is 2.29 bits per heavy atom. The normalized spacial score (nSPS) is 23.9. The molecule has 0 aliphatic heterocycles. The number of nitrogens with one attached hydrogen (secondary N) is 1. The Kier molecular flexibility index (Phi) is 4.96. The van der Waals surface area contributed by atoms with Crippen molar-refractivity contribution < 1.29 is 9.90 Å². The summed E-state index contributed by atoms with van der Waals surface area (Å²) in [6.07, 6.45) is 5.79. The fourth-order valence-electron chi connectivity index (χ4n) is 3.85. The van der Waals surface area contributed by atoms with Crippen LogP contribution in [0.1, 0.15) is 39.0 Å². The van der Waals surface area contributed by atoms with E-state index in [9.17, 15) is 9.90 Å². The van der Waals surface area contributed by atoms with E-state index in [2.05, 4.69) is 36.3 Å². The van der Waals surface area contributed by atoms with Gasteiger partial charge in [0.2, 0.25) is 0 Å². The van der Waals surface area contributed by atoms with Gasteiger partial charge < -0.3 is 20.2 Å². The summed E-state index contributed by atoms with van der Waals surface area (Å²) in [4.78, 5) is 16.5. The maximum absolute atomic E-state index is 11.9. The second kappa shape index (κ2) is 6.23. The van der Waals surface area contributed by atoms with E-state index in [1.807, 2.05) is 6.92 Å². The third-order valence-corrected chi connectivity index (χ3v) is 5.46. The Labute approximate surface area is 128 Å². The first kappa shape index (κ1) is 16.7. The molecule has 122 valence electrons. The van der Waals surface area contributed by atoms with Crippen LogP contribution in [0, 0.1) is 5.92 Å². The average Bonchev–Trinajstić information content (AvgIpc) is 3.16. The molecule has 0 amide bonds. The molecule has 2 aliphatic rings. The van der Waals surface area contributed by atoms with Gasteiger partial charge >= 0.3 is 5.97 Å². The maximum atomic E-state index is 11.9. The fraction of sp³-hybridized carbons (Fsp3) is 0.938. The van der Waals surface area contributed by atoms with E-state index in [1.54, 1.807) is 0 Å². The number of hydrogen-bond donors (Lipinski definition) is 2. The van der Waals surface area contributed by atoms with Crippen molar-refractivity contribution >= 4 is 5.97 Å². The lowest BCUT2D eigenvalue weighted by Crippen LogP contribution is -2.63. The van der Waals surface area contributed by atoms with Crippen LogP contribution in [0.2, 0.25) is 0 Å². The van der Waals surface area contributed by atoms with Gasteiger partial charge in [-0.25, -0.2) is 0 Å². The summed E-state index contributed by atoms with van der Waals surface area (Å²) in [6, 6.07) is 0. The number of hydrogen-bond acceptors (Lipinski definition) is 4. The first-order chi connectivity index (χ1) is 9.86. The smallest absolute Gasteiger partial charge is 0.325 e. The predicted molar refractivity (Wildman–Crippen MR) is 84.5 cm³/mol. The second-order valence-electron chi connectivity index (χ2n) is 7.23. The van der Waals surface area contributed by atoms with Gasteiger partial charge in [0, 0.05) is 18.6 Å². The van der Waals surface area contributed by atoms with Crippen molar-refractivity contribution in [1.29, 1.82) is 0 Å². The second-order valence-corrected chi connectivity index (χ2v) is 7.23. The summed E-state index contributed by atoms with van der Waals surface area (Å²) in [5.74, 6) is -0.402. The van der Waals surface area contributed by atoms with Gasteiger partial charge in [-0.05, 0) is 65.7 Å². The van der Waals surface area contributed by atoms with Crippen LogP contribution in [-0.4, -0.2) is 72.7 Å². The summed E-state index contributed by atoms with van der Waals surface area (Å²) in [6.45, 7) is 4.24. The molecule has 0 saturated heterocycles. The Morgan fingerprint density at radius 2 is 1.95 bits per heavy atom. The van der Waals surface area contributed by atoms with Crippen molar-refractivity contribution in [3.8, 4) is 0 Å². The first-order valence-corrected chi connectivity index (χ1v) is 8.21. The van der Waals surface area contributed by atoms with Crippen molar-refractivity contribution in [2.45, 2.75) is 50.1 Å². The quantitative estimate of drug-likeness (QED) is 0.671. The van der Waals surface area contributed by atoms with Crippen LogP contribution in [0.25, 0.3) is 0 Å². The van der Waals surface area contributed by atoms with E-state index in [0.29, 0.717) is 13.1 Å². The molecular formula is C16H31N3O2. The Bertz CT molecular complexity index is 378. The molecule has 0 spiro atoms. The Morgan fingerprint density at radius 1 is 1.33 bits per heavy atom. The average molecular weight is 297 g/mol. The highest BCUT2D eigenvalue weighted by molar-refractivity contribution is 5.80. The molecule has 2 saturated carbocycles. The first-order valence-electron chi connectivity index (χ1n) is 8.21. The molecule has 0 aromatic heterocycles. The van der Waals surface area contributed by atoms with E-state index in [-0.39, 0.29) is 11.5 Å². The molecule has 0 heterocycles. The van der Waals surface area contributed by atoms with Crippen molar-refractivity contribution in [2.24, 2.45) is 5.92 Å². The molecule has 5 nitrogen and oxygen atoms in total. The summed E-state index contributed by atoms with van der Waals surface area (Å²) in [7, 11) is 6.35. The molecule has 0 aromatic carbocycles. The SMILES string of the molecule is CCNC(CN(C)CC1(N(C)C)CCC1)(C(=O)O)C1CC1. The lowest BCUT2D eigenvalue weighted by Gasteiger charge is -2.50. The highest BCUT2D eigenvalue weighted by Gasteiger charge is 2.52. The number of carbonyl (C=O) groups is 1. The number of carboxylic acid groups (broad SMARTS) is 1. The minimum atomic E-state index is -0.763. The number of aliphatic carboxylic acids is 1. The summed E-state index contributed by atoms with van der Waals surface area (Å²) in [5.41, 5.74) is -0.518. The van der Waals surface area contributed by atoms with E-state index in [1.165, 1.54) is 19.3 Å². The zero-order valence-electron chi connectivity index (χ0n) is 14.0. The molecular weight excluding hydrogens is 266 g/mol. The van der Waals surface area contributed by atoms with Crippen molar-refractivity contribution in [3.05, 3.63) is 0 Å². The van der Waals surface area contributed by atoms with Crippen LogP contribution in [0.15, 0.2) is 0 Å². The van der Waals surface area contributed by atoms with Gasteiger partial charge in [0.15, 0.2) is 0 Å². The minimum Gasteiger partial charge on any atom is -0.480 e. The molecule has 2 fully saturated rings. The fourth-order valence-corrected chi connectivity index (χ4v) is 3.85. The molecule has 0 bridgehead atoms. The molecule has 5 heteroatoms. The number of rotatable bonds is 9. The van der Waals surface area contributed by atoms with Gasteiger partial charge in [-0.3, -0.25) is 4.79 Å². The van der Waals surface area contributed by atoms with E-state index in [4.69, 9.17) is 0 Å². The number of likely N-dealkylation sites (N-methyl/N-ethyl adjacent to an activating group) is 3. The number of nitrogens with zero attached hydrogens (tertiary/aromatic N) is 2. The van der Waals surface area contributed by atoms with Crippen LogP contribution in [0.5, 0.6) is 0 Å². The molecule has 1 unspecified atom stereocenters. The van der Waals surface area contributed by atoms with Crippen LogP contribution < -0.4 is 5.32 Å². The summed E-state index contributed by atoms with van der Waals surface area (Å²) >= 11 is 0. The van der Waals surface area contributed by atoms with Crippen LogP contribution in [0.4, 0.5) is 0 Å². The van der Waals surface area contributed by atoms with Crippen LogP contribution in [0.3, 0.4) is 0 Å². The van der Waals surface area contributed by atoms with E-state index < -0.39 is 11.5 Å². The molecule has 2 N–H and O–H groups in total. The molecule has 0 radical (unpaired) electrons. The minimum absolute atomic E-state index is 0.245. The van der Waals surface area contributed by atoms with Gasteiger partial charge in [0.1, 0.15) is 5.54 Å². The molecule has 0 aromatic rings. The Hall–Kier alpha value is -0.650. The monoisotopic (exact) mass is 297 g/mol. The zero-order chi connectivity index (χ0) is 15.7. The van der Waals surface area contributed by atoms with Gasteiger partial charge in [0.25, 0.3) is 0 Å².